The van der Waals surface area contributed by atoms with Gasteiger partial charge in [-0.15, -0.1) is 11.8 Å². The highest BCUT2D eigenvalue weighted by atomic mass is 32.2. The lowest BCUT2D eigenvalue weighted by Crippen LogP contribution is -2.14. The molecule has 1 atom stereocenters. The number of aliphatic imine (C=N–C) groups is 1. The third-order valence-electron chi connectivity index (χ3n) is 5.16. The fourth-order valence-corrected chi connectivity index (χ4v) is 4.89. The van der Waals surface area contributed by atoms with Crippen molar-refractivity contribution in [3.8, 4) is 0 Å². The van der Waals surface area contributed by atoms with Crippen LogP contribution in [0.1, 0.15) is 43.4 Å². The van der Waals surface area contributed by atoms with Crippen LogP contribution in [0.5, 0.6) is 0 Å². The average molecular weight is 372 g/mol. The predicted molar refractivity (Wildman–Crippen MR) is 108 cm³/mol. The highest BCUT2D eigenvalue weighted by Gasteiger charge is 2.24. The van der Waals surface area contributed by atoms with Gasteiger partial charge in [0.1, 0.15) is 5.04 Å². The molecule has 1 aromatic heterocycles. The molecule has 2 aromatic rings. The summed E-state index contributed by atoms with van der Waals surface area (Å²) in [7, 11) is 1.42. The van der Waals surface area contributed by atoms with E-state index in [9.17, 15) is 4.79 Å². The topological polar surface area (TPSA) is 66.5 Å². The number of carbonyl (C=O) groups is 1. The summed E-state index contributed by atoms with van der Waals surface area (Å²) in [5, 5.41) is 5.93. The van der Waals surface area contributed by atoms with Crippen molar-refractivity contribution in [1.82, 2.24) is 4.98 Å². The number of carbonyl (C=O) groups excluding carboxylic acids is 1. The fraction of sp³-hybridized carbons (Fsp3) is 0.500. The monoisotopic (exact) mass is 371 g/mol. The molecule has 1 aliphatic heterocycles. The first-order valence-corrected chi connectivity index (χ1v) is 10.3. The first-order chi connectivity index (χ1) is 12.6. The average Bonchev–Trinajstić information content (AvgIpc) is 3.34. The van der Waals surface area contributed by atoms with E-state index in [2.05, 4.69) is 35.4 Å². The summed E-state index contributed by atoms with van der Waals surface area (Å²) in [6.45, 7) is 2.14. The number of nitrogens with one attached hydrogen (secondary N) is 2. The Morgan fingerprint density at radius 2 is 2.15 bits per heavy atom. The van der Waals surface area contributed by atoms with E-state index < -0.39 is 0 Å². The van der Waals surface area contributed by atoms with Crippen LogP contribution in [0.3, 0.4) is 0 Å². The number of nitrogens with zero attached hydrogens (tertiary/aromatic N) is 1. The second kappa shape index (κ2) is 7.35. The second-order valence-electron chi connectivity index (χ2n) is 7.26. The molecular formula is C20H25N3O2S. The minimum Gasteiger partial charge on any atom is -0.469 e. The van der Waals surface area contributed by atoms with Crippen molar-refractivity contribution < 1.29 is 9.53 Å². The molecule has 0 radical (unpaired) electrons. The van der Waals surface area contributed by atoms with Crippen LogP contribution in [0.15, 0.2) is 23.2 Å². The normalized spacial score (nSPS) is 20.5. The van der Waals surface area contributed by atoms with Gasteiger partial charge in [-0.3, -0.25) is 9.79 Å². The molecule has 26 heavy (non-hydrogen) atoms. The molecule has 0 amide bonds. The Morgan fingerprint density at radius 3 is 2.92 bits per heavy atom. The number of rotatable bonds is 5. The summed E-state index contributed by atoms with van der Waals surface area (Å²) < 4.78 is 4.76. The number of benzene rings is 1. The number of aromatic nitrogens is 1. The number of thioether (sulfide) groups is 1. The maximum absolute atomic E-state index is 11.5. The molecular weight excluding hydrogens is 346 g/mol. The first kappa shape index (κ1) is 17.5. The molecule has 1 saturated carbocycles. The molecule has 1 unspecified atom stereocenters. The smallest absolute Gasteiger partial charge is 0.307 e. The fourth-order valence-electron chi connectivity index (χ4n) is 3.86. The Hall–Kier alpha value is -1.95. The van der Waals surface area contributed by atoms with Gasteiger partial charge in [0.25, 0.3) is 0 Å². The van der Waals surface area contributed by atoms with E-state index in [1.54, 1.807) is 11.8 Å². The molecule has 138 valence electrons. The van der Waals surface area contributed by atoms with E-state index in [0.717, 1.165) is 22.0 Å². The lowest BCUT2D eigenvalue weighted by atomic mass is 10.1. The summed E-state index contributed by atoms with van der Waals surface area (Å²) >= 11 is 1.70. The SMILES string of the molecule is COC(=O)CC1CSC(c2cc3cc(C)cc(NC4CCCC4)c3[nH]2)=N1. The molecule has 0 bridgehead atoms. The number of methoxy groups -OCH3 is 1. The van der Waals surface area contributed by atoms with Gasteiger partial charge in [-0.2, -0.15) is 0 Å². The van der Waals surface area contributed by atoms with Gasteiger partial charge in [0, 0.05) is 17.2 Å². The van der Waals surface area contributed by atoms with Gasteiger partial charge in [-0.1, -0.05) is 12.8 Å². The zero-order chi connectivity index (χ0) is 18.1. The minimum atomic E-state index is -0.198. The second-order valence-corrected chi connectivity index (χ2v) is 8.27. The summed E-state index contributed by atoms with van der Waals surface area (Å²) in [6.07, 6.45) is 5.48. The summed E-state index contributed by atoms with van der Waals surface area (Å²) in [5.41, 5.74) is 4.63. The van der Waals surface area contributed by atoms with Crippen molar-refractivity contribution in [3.63, 3.8) is 0 Å². The third kappa shape index (κ3) is 3.61. The highest BCUT2D eigenvalue weighted by Crippen LogP contribution is 2.32. The maximum Gasteiger partial charge on any atom is 0.307 e. The van der Waals surface area contributed by atoms with Crippen LogP contribution in [-0.4, -0.2) is 40.9 Å². The van der Waals surface area contributed by atoms with E-state index in [1.807, 2.05) is 0 Å². The summed E-state index contributed by atoms with van der Waals surface area (Å²) in [4.78, 5) is 19.8. The van der Waals surface area contributed by atoms with Gasteiger partial charge in [0.2, 0.25) is 0 Å². The standard InChI is InChI=1S/C20H25N3O2S/c1-12-7-13-9-17(20-22-15(11-26-20)10-18(24)25-2)23-19(13)16(8-12)21-14-5-3-4-6-14/h7-9,14-15,21,23H,3-6,10-11H2,1-2H3. The molecule has 1 fully saturated rings. The van der Waals surface area contributed by atoms with Gasteiger partial charge in [-0.05, 0) is 43.5 Å². The number of H-pyrrole nitrogens is 1. The van der Waals surface area contributed by atoms with Gasteiger partial charge in [-0.25, -0.2) is 0 Å². The van der Waals surface area contributed by atoms with Crippen molar-refractivity contribution in [2.75, 3.05) is 18.2 Å². The largest absolute Gasteiger partial charge is 0.469 e. The van der Waals surface area contributed by atoms with E-state index in [-0.39, 0.29) is 12.0 Å². The number of ether oxygens (including phenoxy) is 1. The highest BCUT2D eigenvalue weighted by molar-refractivity contribution is 8.14. The number of hydrogen-bond acceptors (Lipinski definition) is 5. The van der Waals surface area contributed by atoms with E-state index >= 15 is 0 Å². The molecule has 0 saturated heterocycles. The first-order valence-electron chi connectivity index (χ1n) is 9.30. The third-order valence-corrected chi connectivity index (χ3v) is 6.31. The van der Waals surface area contributed by atoms with Crippen molar-refractivity contribution in [3.05, 3.63) is 29.5 Å². The van der Waals surface area contributed by atoms with Gasteiger partial charge >= 0.3 is 5.97 Å². The van der Waals surface area contributed by atoms with E-state index in [1.165, 1.54) is 49.4 Å². The summed E-state index contributed by atoms with van der Waals surface area (Å²) in [5.74, 6) is 0.627. The van der Waals surface area contributed by atoms with E-state index in [0.29, 0.717) is 12.5 Å². The molecule has 0 spiro atoms. The molecule has 2 aliphatic rings. The quantitative estimate of drug-likeness (QED) is 0.771. The van der Waals surface area contributed by atoms with Crippen LogP contribution in [-0.2, 0) is 9.53 Å². The van der Waals surface area contributed by atoms with Crippen molar-refractivity contribution >= 4 is 39.4 Å². The molecule has 1 aromatic carbocycles. The van der Waals surface area contributed by atoms with Gasteiger partial charge in [0.05, 0.1) is 36.5 Å². The van der Waals surface area contributed by atoms with Crippen molar-refractivity contribution in [2.45, 2.75) is 51.1 Å². The van der Waals surface area contributed by atoms with Gasteiger partial charge in [0.15, 0.2) is 0 Å². The Morgan fingerprint density at radius 1 is 1.35 bits per heavy atom. The number of anilines is 1. The Kier molecular flexibility index (Phi) is 4.94. The lowest BCUT2D eigenvalue weighted by molar-refractivity contribution is -0.140. The zero-order valence-corrected chi connectivity index (χ0v) is 16.1. The minimum absolute atomic E-state index is 0.00619. The Balaban J connectivity index is 1.61. The maximum atomic E-state index is 11.5. The lowest BCUT2D eigenvalue weighted by Gasteiger charge is -2.15. The number of fused-ring (bicyclic) bond motifs is 1. The van der Waals surface area contributed by atoms with Gasteiger partial charge < -0.3 is 15.0 Å². The molecule has 2 heterocycles. The number of esters is 1. The predicted octanol–water partition coefficient (Wildman–Crippen LogP) is 4.26. The molecule has 2 N–H and O–H groups in total. The van der Waals surface area contributed by atoms with Crippen LogP contribution < -0.4 is 5.32 Å². The molecule has 4 rings (SSSR count). The Bertz CT molecular complexity index is 852. The number of aromatic amines is 1. The molecule has 6 heteroatoms. The van der Waals surface area contributed by atoms with Crippen LogP contribution in [0.4, 0.5) is 5.69 Å². The van der Waals surface area contributed by atoms with Crippen molar-refractivity contribution in [2.24, 2.45) is 4.99 Å². The Labute approximate surface area is 158 Å². The van der Waals surface area contributed by atoms with Crippen LogP contribution in [0, 0.1) is 6.92 Å². The van der Waals surface area contributed by atoms with E-state index in [4.69, 9.17) is 9.73 Å². The number of hydrogen-bond donors (Lipinski definition) is 2. The summed E-state index contributed by atoms with van der Waals surface area (Å²) in [6, 6.07) is 7.20. The molecule has 5 nitrogen and oxygen atoms in total. The van der Waals surface area contributed by atoms with Crippen molar-refractivity contribution in [1.29, 1.82) is 0 Å². The van der Waals surface area contributed by atoms with Crippen LogP contribution in [0.25, 0.3) is 10.9 Å². The van der Waals surface area contributed by atoms with Crippen LogP contribution >= 0.6 is 11.8 Å². The number of aryl methyl sites for hydroxylation is 1. The van der Waals surface area contributed by atoms with Crippen LogP contribution in [0.2, 0.25) is 0 Å². The zero-order valence-electron chi connectivity index (χ0n) is 15.3. The molecule has 1 aliphatic carbocycles.